The minimum absolute atomic E-state index is 0.284. The molecule has 0 saturated carbocycles. The molecule has 0 spiro atoms. The molecule has 1 unspecified atom stereocenters. The van der Waals surface area contributed by atoms with Crippen molar-refractivity contribution in [3.8, 4) is 0 Å². The molecule has 2 nitrogen and oxygen atoms in total. The van der Waals surface area contributed by atoms with Gasteiger partial charge in [0.15, 0.2) is 0 Å². The number of benzene rings is 1. The number of rotatable bonds is 5. The minimum atomic E-state index is 0.284. The summed E-state index contributed by atoms with van der Waals surface area (Å²) in [5.41, 5.74) is 7.92. The van der Waals surface area contributed by atoms with Crippen molar-refractivity contribution in [1.29, 1.82) is 0 Å². The van der Waals surface area contributed by atoms with E-state index in [1.807, 2.05) is 24.3 Å². The van der Waals surface area contributed by atoms with Crippen molar-refractivity contribution >= 4 is 5.69 Å². The highest BCUT2D eigenvalue weighted by Gasteiger charge is 2.04. The summed E-state index contributed by atoms with van der Waals surface area (Å²) in [5.74, 6) is 1.18. The first-order chi connectivity index (χ1) is 8.19. The quantitative estimate of drug-likeness (QED) is 0.474. The molecule has 92 valence electrons. The Morgan fingerprint density at radius 1 is 1.41 bits per heavy atom. The van der Waals surface area contributed by atoms with Crippen LogP contribution >= 0.6 is 0 Å². The third-order valence-electron chi connectivity index (χ3n) is 2.68. The molecule has 0 fully saturated rings. The highest BCUT2D eigenvalue weighted by atomic mass is 16.5. The van der Waals surface area contributed by atoms with Gasteiger partial charge in [-0.15, -0.1) is 0 Å². The summed E-state index contributed by atoms with van der Waals surface area (Å²) in [6, 6.07) is 7.95. The number of hydrogen-bond acceptors (Lipinski definition) is 2. The molecule has 17 heavy (non-hydrogen) atoms. The van der Waals surface area contributed by atoms with Gasteiger partial charge >= 0.3 is 0 Å². The Labute approximate surface area is 104 Å². The van der Waals surface area contributed by atoms with Crippen LogP contribution in [0.3, 0.4) is 0 Å². The standard InChI is InChI=1S/C15H21NO/c1-4-7-13(17-3)11-10-12(2)14-8-5-6-9-15(14)16/h5-12H,4,16H2,1-3H3/b11-10+,13-7-. The van der Waals surface area contributed by atoms with E-state index in [4.69, 9.17) is 10.5 Å². The lowest BCUT2D eigenvalue weighted by Gasteiger charge is -2.10. The maximum absolute atomic E-state index is 5.94. The second kappa shape index (κ2) is 6.79. The number of methoxy groups -OCH3 is 1. The molecule has 0 amide bonds. The van der Waals surface area contributed by atoms with E-state index in [9.17, 15) is 0 Å². The fourth-order valence-corrected chi connectivity index (χ4v) is 1.69. The number of nitrogen functional groups attached to an aromatic ring is 1. The molecule has 1 atom stereocenters. The average Bonchev–Trinajstić information content (AvgIpc) is 2.34. The Balaban J connectivity index is 2.79. The molecule has 2 N–H and O–H groups in total. The maximum atomic E-state index is 5.94. The lowest BCUT2D eigenvalue weighted by molar-refractivity contribution is 0.305. The van der Waals surface area contributed by atoms with E-state index in [0.717, 1.165) is 23.4 Å². The van der Waals surface area contributed by atoms with Gasteiger partial charge in [-0.1, -0.05) is 38.1 Å². The van der Waals surface area contributed by atoms with E-state index >= 15 is 0 Å². The lowest BCUT2D eigenvalue weighted by atomic mass is 9.99. The monoisotopic (exact) mass is 231 g/mol. The molecule has 0 aromatic heterocycles. The highest BCUT2D eigenvalue weighted by molar-refractivity contribution is 5.49. The molecule has 0 aliphatic carbocycles. The van der Waals surface area contributed by atoms with Gasteiger partial charge in [0.25, 0.3) is 0 Å². The second-order valence-electron chi connectivity index (χ2n) is 4.00. The van der Waals surface area contributed by atoms with Crippen LogP contribution in [-0.4, -0.2) is 7.11 Å². The summed E-state index contributed by atoms with van der Waals surface area (Å²) < 4.78 is 5.25. The van der Waals surface area contributed by atoms with Crippen LogP contribution in [0, 0.1) is 0 Å². The molecule has 1 aromatic rings. The number of hydrogen-bond donors (Lipinski definition) is 1. The zero-order valence-corrected chi connectivity index (χ0v) is 10.8. The lowest BCUT2D eigenvalue weighted by Crippen LogP contribution is -1.96. The molecular formula is C15H21NO. The second-order valence-corrected chi connectivity index (χ2v) is 4.00. The van der Waals surface area contributed by atoms with Crippen molar-refractivity contribution in [3.63, 3.8) is 0 Å². The largest absolute Gasteiger partial charge is 0.497 e. The molecule has 0 aliphatic heterocycles. The van der Waals surface area contributed by atoms with Crippen molar-refractivity contribution < 1.29 is 4.74 Å². The van der Waals surface area contributed by atoms with Crippen LogP contribution in [0.4, 0.5) is 5.69 Å². The number of nitrogens with two attached hydrogens (primary N) is 1. The third-order valence-corrected chi connectivity index (χ3v) is 2.68. The van der Waals surface area contributed by atoms with E-state index < -0.39 is 0 Å². The predicted molar refractivity (Wildman–Crippen MR) is 73.8 cm³/mol. The Hall–Kier alpha value is -1.70. The number of para-hydroxylation sites is 1. The van der Waals surface area contributed by atoms with Crippen LogP contribution in [0.1, 0.15) is 31.7 Å². The van der Waals surface area contributed by atoms with Gasteiger partial charge in [-0.25, -0.2) is 0 Å². The topological polar surface area (TPSA) is 35.2 Å². The molecule has 0 bridgehead atoms. The van der Waals surface area contributed by atoms with Crippen LogP contribution in [0.25, 0.3) is 0 Å². The minimum Gasteiger partial charge on any atom is -0.497 e. The zero-order chi connectivity index (χ0) is 12.7. The Morgan fingerprint density at radius 3 is 2.71 bits per heavy atom. The van der Waals surface area contributed by atoms with Gasteiger partial charge < -0.3 is 10.5 Å². The van der Waals surface area contributed by atoms with Gasteiger partial charge in [0.05, 0.1) is 7.11 Å². The molecule has 0 saturated heterocycles. The normalized spacial score (nSPS) is 13.9. The van der Waals surface area contributed by atoms with Crippen LogP contribution in [0.5, 0.6) is 0 Å². The Morgan fingerprint density at radius 2 is 2.12 bits per heavy atom. The van der Waals surface area contributed by atoms with Gasteiger partial charge in [0.1, 0.15) is 5.76 Å². The summed E-state index contributed by atoms with van der Waals surface area (Å²) in [6.45, 7) is 4.22. The average molecular weight is 231 g/mol. The van der Waals surface area contributed by atoms with Crippen molar-refractivity contribution in [2.75, 3.05) is 12.8 Å². The molecule has 1 rings (SSSR count). The molecule has 0 aliphatic rings. The third kappa shape index (κ3) is 3.99. The van der Waals surface area contributed by atoms with Gasteiger partial charge in [-0.2, -0.15) is 0 Å². The SMILES string of the molecule is CC/C=C(/C=C/C(C)c1ccccc1N)OC. The van der Waals surface area contributed by atoms with Gasteiger partial charge in [-0.05, 0) is 30.2 Å². The summed E-state index contributed by atoms with van der Waals surface area (Å²) in [5, 5.41) is 0. The van der Waals surface area contributed by atoms with E-state index in [1.54, 1.807) is 7.11 Å². The summed E-state index contributed by atoms with van der Waals surface area (Å²) >= 11 is 0. The zero-order valence-electron chi connectivity index (χ0n) is 10.8. The highest BCUT2D eigenvalue weighted by Crippen LogP contribution is 2.23. The van der Waals surface area contributed by atoms with E-state index in [0.29, 0.717) is 0 Å². The first-order valence-corrected chi connectivity index (χ1v) is 5.95. The van der Waals surface area contributed by atoms with Crippen LogP contribution < -0.4 is 5.73 Å². The number of anilines is 1. The Bertz CT molecular complexity index is 407. The predicted octanol–water partition coefficient (Wildman–Crippen LogP) is 3.87. The van der Waals surface area contributed by atoms with E-state index in [1.165, 1.54) is 0 Å². The Kier molecular flexibility index (Phi) is 5.34. The van der Waals surface area contributed by atoms with Crippen LogP contribution in [0.15, 0.2) is 48.3 Å². The molecule has 0 radical (unpaired) electrons. The first-order valence-electron chi connectivity index (χ1n) is 5.95. The van der Waals surface area contributed by atoms with Gasteiger partial charge in [-0.3, -0.25) is 0 Å². The molecular weight excluding hydrogens is 210 g/mol. The number of allylic oxidation sites excluding steroid dienone is 3. The van der Waals surface area contributed by atoms with Gasteiger partial charge in [0.2, 0.25) is 0 Å². The van der Waals surface area contributed by atoms with E-state index in [-0.39, 0.29) is 5.92 Å². The summed E-state index contributed by atoms with van der Waals surface area (Å²) in [6.07, 6.45) is 7.13. The van der Waals surface area contributed by atoms with Crippen molar-refractivity contribution in [1.82, 2.24) is 0 Å². The van der Waals surface area contributed by atoms with Crippen molar-refractivity contribution in [3.05, 3.63) is 53.8 Å². The fourth-order valence-electron chi connectivity index (χ4n) is 1.69. The summed E-state index contributed by atoms with van der Waals surface area (Å²) in [7, 11) is 1.69. The van der Waals surface area contributed by atoms with Crippen LogP contribution in [0.2, 0.25) is 0 Å². The maximum Gasteiger partial charge on any atom is 0.114 e. The van der Waals surface area contributed by atoms with Gasteiger partial charge in [0, 0.05) is 11.6 Å². The molecule has 2 heteroatoms. The molecule has 0 heterocycles. The van der Waals surface area contributed by atoms with Crippen molar-refractivity contribution in [2.24, 2.45) is 0 Å². The summed E-state index contributed by atoms with van der Waals surface area (Å²) in [4.78, 5) is 0. The first kappa shape index (κ1) is 13.4. The van der Waals surface area contributed by atoms with Crippen molar-refractivity contribution in [2.45, 2.75) is 26.2 Å². The fraction of sp³-hybridized carbons (Fsp3) is 0.333. The molecule has 1 aromatic carbocycles. The van der Waals surface area contributed by atoms with E-state index in [2.05, 4.69) is 32.1 Å². The number of ether oxygens (including phenoxy) is 1. The van der Waals surface area contributed by atoms with Crippen LogP contribution in [-0.2, 0) is 4.74 Å². The smallest absolute Gasteiger partial charge is 0.114 e.